The van der Waals surface area contributed by atoms with E-state index in [1.165, 1.54) is 0 Å². The molecule has 0 saturated carbocycles. The average Bonchev–Trinajstić information content (AvgIpc) is 2.44. The van der Waals surface area contributed by atoms with E-state index in [2.05, 4.69) is 0 Å². The Hall–Kier alpha value is -1.14. The smallest absolute Gasteiger partial charge is 0.245 e. The standard InChI is InChI=1S/C13H23N3O3/c1-2-19-10(7-14)8-15-9-12(17)16-6-4-3-5-11(16)13(15)18/h10-11H,2-9,14H2,1H3. The highest BCUT2D eigenvalue weighted by molar-refractivity contribution is 5.95. The number of piperidine rings is 1. The number of nitrogens with zero attached hydrogens (tertiary/aromatic N) is 2. The first-order chi connectivity index (χ1) is 9.17. The average molecular weight is 269 g/mol. The Labute approximate surface area is 113 Å². The number of piperazine rings is 1. The number of hydrogen-bond donors (Lipinski definition) is 1. The highest BCUT2D eigenvalue weighted by atomic mass is 16.5. The summed E-state index contributed by atoms with van der Waals surface area (Å²) in [5.41, 5.74) is 5.63. The first kappa shape index (κ1) is 14.3. The van der Waals surface area contributed by atoms with Gasteiger partial charge >= 0.3 is 0 Å². The van der Waals surface area contributed by atoms with Gasteiger partial charge in [-0.3, -0.25) is 9.59 Å². The fourth-order valence-corrected chi connectivity index (χ4v) is 2.86. The summed E-state index contributed by atoms with van der Waals surface area (Å²) in [4.78, 5) is 27.8. The van der Waals surface area contributed by atoms with Gasteiger partial charge in [-0.2, -0.15) is 0 Å². The monoisotopic (exact) mass is 269 g/mol. The number of fused-ring (bicyclic) bond motifs is 1. The van der Waals surface area contributed by atoms with Crippen LogP contribution in [-0.4, -0.2) is 66.5 Å². The summed E-state index contributed by atoms with van der Waals surface area (Å²) < 4.78 is 5.47. The van der Waals surface area contributed by atoms with Crippen molar-refractivity contribution >= 4 is 11.8 Å². The minimum Gasteiger partial charge on any atom is -0.375 e. The van der Waals surface area contributed by atoms with Gasteiger partial charge in [-0.15, -0.1) is 0 Å². The number of carbonyl (C=O) groups is 2. The van der Waals surface area contributed by atoms with Gasteiger partial charge in [0.05, 0.1) is 12.6 Å². The van der Waals surface area contributed by atoms with E-state index in [9.17, 15) is 9.59 Å². The molecule has 6 heteroatoms. The molecular weight excluding hydrogens is 246 g/mol. The molecule has 0 spiro atoms. The zero-order valence-corrected chi connectivity index (χ0v) is 11.5. The molecule has 2 amide bonds. The van der Waals surface area contributed by atoms with E-state index < -0.39 is 0 Å². The van der Waals surface area contributed by atoms with Crippen LogP contribution < -0.4 is 5.73 Å². The normalized spacial score (nSPS) is 25.5. The molecule has 0 aromatic carbocycles. The second-order valence-electron chi connectivity index (χ2n) is 5.13. The van der Waals surface area contributed by atoms with E-state index >= 15 is 0 Å². The molecule has 2 saturated heterocycles. The minimum atomic E-state index is -0.255. The number of rotatable bonds is 5. The molecule has 2 unspecified atom stereocenters. The second-order valence-corrected chi connectivity index (χ2v) is 5.13. The lowest BCUT2D eigenvalue weighted by Gasteiger charge is -2.43. The van der Waals surface area contributed by atoms with E-state index in [1.54, 1.807) is 9.80 Å². The van der Waals surface area contributed by atoms with Gasteiger partial charge in [0.25, 0.3) is 0 Å². The number of ether oxygens (including phenoxy) is 1. The molecule has 0 aliphatic carbocycles. The van der Waals surface area contributed by atoms with Crippen LogP contribution >= 0.6 is 0 Å². The predicted octanol–water partition coefficient (Wildman–Crippen LogP) is -0.426. The number of hydrogen-bond acceptors (Lipinski definition) is 4. The fourth-order valence-electron chi connectivity index (χ4n) is 2.86. The van der Waals surface area contributed by atoms with Crippen molar-refractivity contribution in [2.24, 2.45) is 5.73 Å². The van der Waals surface area contributed by atoms with Crippen LogP contribution in [0.5, 0.6) is 0 Å². The molecule has 2 heterocycles. The van der Waals surface area contributed by atoms with Gasteiger partial charge in [-0.05, 0) is 26.2 Å². The van der Waals surface area contributed by atoms with Crippen LogP contribution in [0.2, 0.25) is 0 Å². The van der Waals surface area contributed by atoms with Crippen molar-refractivity contribution in [3.63, 3.8) is 0 Å². The molecule has 2 atom stereocenters. The number of nitrogens with two attached hydrogens (primary N) is 1. The number of amides is 2. The van der Waals surface area contributed by atoms with Gasteiger partial charge in [0, 0.05) is 26.2 Å². The van der Waals surface area contributed by atoms with Crippen LogP contribution in [0.15, 0.2) is 0 Å². The van der Waals surface area contributed by atoms with Gasteiger partial charge < -0.3 is 20.3 Å². The molecule has 0 aromatic heterocycles. The lowest BCUT2D eigenvalue weighted by molar-refractivity contribution is -0.159. The van der Waals surface area contributed by atoms with Crippen LogP contribution in [0.3, 0.4) is 0 Å². The molecule has 0 bridgehead atoms. The van der Waals surface area contributed by atoms with Crippen molar-refractivity contribution in [1.29, 1.82) is 0 Å². The quantitative estimate of drug-likeness (QED) is 0.735. The van der Waals surface area contributed by atoms with Crippen molar-refractivity contribution in [1.82, 2.24) is 9.80 Å². The first-order valence-corrected chi connectivity index (χ1v) is 7.07. The summed E-state index contributed by atoms with van der Waals surface area (Å²) in [6.07, 6.45) is 2.61. The topological polar surface area (TPSA) is 75.9 Å². The molecule has 2 aliphatic rings. The Balaban J connectivity index is 2.01. The zero-order valence-electron chi connectivity index (χ0n) is 11.5. The first-order valence-electron chi connectivity index (χ1n) is 7.07. The highest BCUT2D eigenvalue weighted by Crippen LogP contribution is 2.23. The van der Waals surface area contributed by atoms with Crippen molar-refractivity contribution in [3.05, 3.63) is 0 Å². The van der Waals surface area contributed by atoms with E-state index in [-0.39, 0.29) is 30.5 Å². The summed E-state index contributed by atoms with van der Waals surface area (Å²) in [5, 5.41) is 0. The van der Waals surface area contributed by atoms with Crippen LogP contribution in [0.1, 0.15) is 26.2 Å². The van der Waals surface area contributed by atoms with E-state index in [0.29, 0.717) is 19.7 Å². The molecule has 19 heavy (non-hydrogen) atoms. The summed E-state index contributed by atoms with van der Waals surface area (Å²) in [5.74, 6) is 0.106. The van der Waals surface area contributed by atoms with Crippen LogP contribution in [0.4, 0.5) is 0 Å². The predicted molar refractivity (Wildman–Crippen MR) is 70.4 cm³/mol. The van der Waals surface area contributed by atoms with Crippen molar-refractivity contribution < 1.29 is 14.3 Å². The fraction of sp³-hybridized carbons (Fsp3) is 0.846. The van der Waals surface area contributed by atoms with Gasteiger partial charge in [-0.1, -0.05) is 0 Å². The van der Waals surface area contributed by atoms with Crippen molar-refractivity contribution in [3.8, 4) is 0 Å². The molecule has 2 N–H and O–H groups in total. The summed E-state index contributed by atoms with van der Waals surface area (Å²) in [6, 6.07) is -0.255. The Kier molecular flexibility index (Phi) is 4.76. The summed E-state index contributed by atoms with van der Waals surface area (Å²) in [6.45, 7) is 4.12. The molecule has 6 nitrogen and oxygen atoms in total. The summed E-state index contributed by atoms with van der Waals surface area (Å²) in [7, 11) is 0. The molecule has 0 aromatic rings. The maximum Gasteiger partial charge on any atom is 0.245 e. The maximum absolute atomic E-state index is 12.4. The Morgan fingerprint density at radius 1 is 1.42 bits per heavy atom. The third-order valence-corrected chi connectivity index (χ3v) is 3.84. The number of carbonyl (C=O) groups excluding carboxylic acids is 2. The van der Waals surface area contributed by atoms with Crippen molar-refractivity contribution in [2.75, 3.05) is 32.8 Å². The highest BCUT2D eigenvalue weighted by Gasteiger charge is 2.40. The van der Waals surface area contributed by atoms with E-state index in [1.807, 2.05) is 6.92 Å². The SMILES string of the molecule is CCOC(CN)CN1CC(=O)N2CCCCC2C1=O. The second kappa shape index (κ2) is 6.34. The molecule has 108 valence electrons. The molecule has 2 fully saturated rings. The van der Waals surface area contributed by atoms with Crippen LogP contribution in [0, 0.1) is 0 Å². The molecule has 0 radical (unpaired) electrons. The van der Waals surface area contributed by atoms with E-state index in [4.69, 9.17) is 10.5 Å². The molecule has 2 rings (SSSR count). The molecular formula is C13H23N3O3. The zero-order chi connectivity index (χ0) is 13.8. The van der Waals surface area contributed by atoms with Gasteiger partial charge in [0.2, 0.25) is 11.8 Å². The van der Waals surface area contributed by atoms with Gasteiger partial charge in [-0.25, -0.2) is 0 Å². The lowest BCUT2D eigenvalue weighted by atomic mass is 9.98. The van der Waals surface area contributed by atoms with Crippen molar-refractivity contribution in [2.45, 2.75) is 38.3 Å². The Bertz CT molecular complexity index is 348. The minimum absolute atomic E-state index is 0.0524. The maximum atomic E-state index is 12.4. The van der Waals surface area contributed by atoms with Crippen LogP contribution in [-0.2, 0) is 14.3 Å². The Morgan fingerprint density at radius 2 is 2.21 bits per heavy atom. The van der Waals surface area contributed by atoms with Gasteiger partial charge in [0.1, 0.15) is 6.04 Å². The third kappa shape index (κ3) is 3.06. The summed E-state index contributed by atoms with van der Waals surface area (Å²) >= 11 is 0. The third-order valence-electron chi connectivity index (χ3n) is 3.84. The molecule has 2 aliphatic heterocycles. The van der Waals surface area contributed by atoms with E-state index in [0.717, 1.165) is 25.8 Å². The Morgan fingerprint density at radius 3 is 2.89 bits per heavy atom. The largest absolute Gasteiger partial charge is 0.375 e. The lowest BCUT2D eigenvalue weighted by Crippen LogP contribution is -2.62. The van der Waals surface area contributed by atoms with Gasteiger partial charge in [0.15, 0.2) is 0 Å². The van der Waals surface area contributed by atoms with Crippen LogP contribution in [0.25, 0.3) is 0 Å².